The standard InChI is InChI=1S/C31H42FN5O2S/c1-21(2)40(39,33-5)30-15-27(32)6-7-28(30)37-20-26(31-22(3)16-34-17-29(31)37)14-25-8-11-35(19-25)18-24-9-12-36(13-10-24)23(4)38/h6-7,15-17,20-21,24-25H,8-14,18-19H2,1-5H3/t25-,40?/m0/s1. The molecule has 2 fully saturated rings. The van der Waals surface area contributed by atoms with Crippen molar-refractivity contribution in [2.45, 2.75) is 63.5 Å². The largest absolute Gasteiger partial charge is 0.343 e. The average molecular weight is 568 g/mol. The Balaban J connectivity index is 1.41. The second-order valence-corrected chi connectivity index (χ2v) is 14.7. The third kappa shape index (κ3) is 5.55. The van der Waals surface area contributed by atoms with Crippen LogP contribution in [0.1, 0.15) is 51.2 Å². The van der Waals surface area contributed by atoms with Crippen LogP contribution in [0.2, 0.25) is 0 Å². The van der Waals surface area contributed by atoms with Gasteiger partial charge in [0.25, 0.3) is 0 Å². The second kappa shape index (κ2) is 11.6. The number of benzene rings is 1. The van der Waals surface area contributed by atoms with E-state index in [1.807, 2.05) is 35.7 Å². The lowest BCUT2D eigenvalue weighted by atomic mass is 9.96. The maximum atomic E-state index is 14.5. The molecule has 3 aromatic rings. The van der Waals surface area contributed by atoms with E-state index in [1.54, 1.807) is 20.0 Å². The molecule has 0 spiro atoms. The van der Waals surface area contributed by atoms with Crippen LogP contribution in [0.15, 0.2) is 46.0 Å². The monoisotopic (exact) mass is 567 g/mol. The number of aryl methyl sites for hydroxylation is 1. The quantitative estimate of drug-likeness (QED) is 0.380. The summed E-state index contributed by atoms with van der Waals surface area (Å²) in [6.07, 6.45) is 10.2. The molecule has 7 nitrogen and oxygen atoms in total. The molecular weight excluding hydrogens is 525 g/mol. The number of halogens is 1. The fraction of sp³-hybridized carbons (Fsp3) is 0.548. The van der Waals surface area contributed by atoms with Crippen molar-refractivity contribution < 1.29 is 13.4 Å². The third-order valence-electron chi connectivity index (χ3n) is 8.84. The fourth-order valence-electron chi connectivity index (χ4n) is 6.63. The van der Waals surface area contributed by atoms with Crippen LogP contribution >= 0.6 is 0 Å². The molecule has 0 N–H and O–H groups in total. The van der Waals surface area contributed by atoms with Gasteiger partial charge in [0, 0.05) is 63.2 Å². The number of carbonyl (C=O) groups excluding carboxylic acids is 1. The molecule has 0 radical (unpaired) electrons. The zero-order chi connectivity index (χ0) is 28.6. The first kappa shape index (κ1) is 28.7. The SMILES string of the molecule is CN=S(=O)(c1cc(F)ccc1-n1cc(C[C@@H]2CCN(CC3CCN(C(C)=O)CC3)C2)c2c(C)cncc21)C(C)C. The van der Waals surface area contributed by atoms with Gasteiger partial charge in [0.1, 0.15) is 5.82 Å². The predicted octanol–water partition coefficient (Wildman–Crippen LogP) is 5.46. The number of piperidine rings is 1. The first-order chi connectivity index (χ1) is 19.1. The lowest BCUT2D eigenvalue weighted by Gasteiger charge is -2.33. The molecule has 0 aliphatic carbocycles. The Morgan fingerprint density at radius 1 is 1.15 bits per heavy atom. The van der Waals surface area contributed by atoms with Crippen LogP contribution in [0.25, 0.3) is 16.6 Å². The molecule has 2 aliphatic rings. The maximum Gasteiger partial charge on any atom is 0.219 e. The lowest BCUT2D eigenvalue weighted by molar-refractivity contribution is -0.130. The summed E-state index contributed by atoms with van der Waals surface area (Å²) in [7, 11) is -1.27. The van der Waals surface area contributed by atoms with Gasteiger partial charge < -0.3 is 14.4 Å². The number of hydrogen-bond acceptors (Lipinski definition) is 5. The van der Waals surface area contributed by atoms with Gasteiger partial charge in [-0.25, -0.2) is 13.0 Å². The van der Waals surface area contributed by atoms with Crippen LogP contribution in [0.4, 0.5) is 4.39 Å². The number of carbonyl (C=O) groups is 1. The number of likely N-dealkylation sites (tertiary alicyclic amines) is 2. The summed E-state index contributed by atoms with van der Waals surface area (Å²) in [5.74, 6) is 0.968. The molecule has 5 rings (SSSR count). The lowest BCUT2D eigenvalue weighted by Crippen LogP contribution is -2.40. The summed E-state index contributed by atoms with van der Waals surface area (Å²) in [5.41, 5.74) is 3.99. The Bertz CT molecular complexity index is 1520. The highest BCUT2D eigenvalue weighted by molar-refractivity contribution is 7.94. The van der Waals surface area contributed by atoms with Gasteiger partial charge in [0.2, 0.25) is 5.91 Å². The van der Waals surface area contributed by atoms with Gasteiger partial charge in [0.05, 0.1) is 32.0 Å². The summed E-state index contributed by atoms with van der Waals surface area (Å²) >= 11 is 0. The van der Waals surface area contributed by atoms with Crippen molar-refractivity contribution in [3.8, 4) is 5.69 Å². The van der Waals surface area contributed by atoms with E-state index >= 15 is 0 Å². The van der Waals surface area contributed by atoms with Crippen molar-refractivity contribution in [3.63, 3.8) is 0 Å². The predicted molar refractivity (Wildman–Crippen MR) is 159 cm³/mol. The third-order valence-corrected chi connectivity index (χ3v) is 11.6. The second-order valence-electron chi connectivity index (χ2n) is 11.9. The van der Waals surface area contributed by atoms with E-state index in [0.29, 0.717) is 22.4 Å². The zero-order valence-electron chi connectivity index (χ0n) is 24.4. The van der Waals surface area contributed by atoms with Crippen LogP contribution in [-0.2, 0) is 20.9 Å². The minimum Gasteiger partial charge on any atom is -0.343 e. The maximum absolute atomic E-state index is 14.5. The van der Waals surface area contributed by atoms with Crippen molar-refractivity contribution in [2.24, 2.45) is 16.2 Å². The molecule has 0 saturated carbocycles. The van der Waals surface area contributed by atoms with Crippen LogP contribution < -0.4 is 0 Å². The molecule has 4 heterocycles. The number of hydrogen-bond donors (Lipinski definition) is 0. The Morgan fingerprint density at radius 3 is 2.55 bits per heavy atom. The van der Waals surface area contributed by atoms with Crippen molar-refractivity contribution in [3.05, 3.63) is 53.7 Å². The van der Waals surface area contributed by atoms with Gasteiger partial charge in [-0.05, 0) is 94.2 Å². The van der Waals surface area contributed by atoms with E-state index in [4.69, 9.17) is 0 Å². The van der Waals surface area contributed by atoms with Crippen molar-refractivity contribution in [1.29, 1.82) is 0 Å². The number of nitrogens with zero attached hydrogens (tertiary/aromatic N) is 5. The normalized spacial score (nSPS) is 20.4. The van der Waals surface area contributed by atoms with Crippen LogP contribution in [0.5, 0.6) is 0 Å². The van der Waals surface area contributed by atoms with E-state index in [9.17, 15) is 13.4 Å². The summed E-state index contributed by atoms with van der Waals surface area (Å²) in [6.45, 7) is 12.5. The van der Waals surface area contributed by atoms with Crippen molar-refractivity contribution in [1.82, 2.24) is 19.4 Å². The molecule has 2 saturated heterocycles. The summed E-state index contributed by atoms with van der Waals surface area (Å²) in [4.78, 5) is 21.2. The minimum absolute atomic E-state index is 0.188. The molecular formula is C31H42FN5O2S. The summed E-state index contributed by atoms with van der Waals surface area (Å²) in [6, 6.07) is 4.53. The van der Waals surface area contributed by atoms with Crippen molar-refractivity contribution >= 4 is 26.5 Å². The fourth-order valence-corrected chi connectivity index (χ4v) is 8.51. The molecule has 1 unspecified atom stereocenters. The Morgan fingerprint density at radius 2 is 1.88 bits per heavy atom. The molecule has 2 aromatic heterocycles. The van der Waals surface area contributed by atoms with Crippen molar-refractivity contribution in [2.75, 3.05) is 39.8 Å². The van der Waals surface area contributed by atoms with Crippen LogP contribution in [0, 0.1) is 24.6 Å². The number of amides is 1. The molecule has 216 valence electrons. The number of aromatic nitrogens is 2. The highest BCUT2D eigenvalue weighted by Crippen LogP contribution is 2.35. The van der Waals surface area contributed by atoms with E-state index in [0.717, 1.165) is 69.5 Å². The molecule has 9 heteroatoms. The first-order valence-corrected chi connectivity index (χ1v) is 16.0. The molecule has 40 heavy (non-hydrogen) atoms. The smallest absolute Gasteiger partial charge is 0.219 e. The van der Waals surface area contributed by atoms with Gasteiger partial charge >= 0.3 is 0 Å². The molecule has 2 aliphatic heterocycles. The number of rotatable bonds is 7. The summed E-state index contributed by atoms with van der Waals surface area (Å²) < 4.78 is 34.8. The molecule has 1 aromatic carbocycles. The molecule has 0 bridgehead atoms. The Kier molecular flexibility index (Phi) is 8.34. The number of fused-ring (bicyclic) bond motifs is 1. The summed E-state index contributed by atoms with van der Waals surface area (Å²) in [5, 5.41) is 0.906. The highest BCUT2D eigenvalue weighted by Gasteiger charge is 2.29. The van der Waals surface area contributed by atoms with Gasteiger partial charge in [-0.1, -0.05) is 0 Å². The molecule has 2 atom stereocenters. The Hall–Kier alpha value is -2.78. The Labute approximate surface area is 237 Å². The minimum atomic E-state index is -2.83. The van der Waals surface area contributed by atoms with E-state index in [-0.39, 0.29) is 11.2 Å². The topological polar surface area (TPSA) is 70.8 Å². The highest BCUT2D eigenvalue weighted by atomic mass is 32.2. The average Bonchev–Trinajstić information content (AvgIpc) is 3.53. The zero-order valence-corrected chi connectivity index (χ0v) is 25.2. The molecule has 1 amide bonds. The van der Waals surface area contributed by atoms with Gasteiger partial charge in [-0.2, -0.15) is 0 Å². The van der Waals surface area contributed by atoms with E-state index in [1.165, 1.54) is 23.1 Å². The first-order valence-electron chi connectivity index (χ1n) is 14.5. The van der Waals surface area contributed by atoms with Gasteiger partial charge in [0.15, 0.2) is 0 Å². The number of pyridine rings is 1. The van der Waals surface area contributed by atoms with E-state index in [2.05, 4.69) is 27.4 Å². The van der Waals surface area contributed by atoms with Crippen LogP contribution in [-0.4, -0.2) is 74.5 Å². The van der Waals surface area contributed by atoms with Crippen LogP contribution in [0.3, 0.4) is 0 Å². The van der Waals surface area contributed by atoms with E-state index < -0.39 is 15.5 Å². The van der Waals surface area contributed by atoms with Gasteiger partial charge in [-0.3, -0.25) is 9.78 Å². The van der Waals surface area contributed by atoms with Gasteiger partial charge in [-0.15, -0.1) is 0 Å².